The molecule has 3 rings (SSSR count). The standard InChI is InChI=1S/C18H28N4O.3ClH/c1-15(16-6-5-9-20-14-16)21-10-12-22(13-11-21)17(23)18(19)7-3-2-4-8-18;;;/h5-6,9,14-15H,2-4,7-8,10-13,19H2,1H3;3*1H. The molecule has 5 nitrogen and oxygen atoms in total. The van der Waals surface area contributed by atoms with Crippen molar-refractivity contribution in [3.05, 3.63) is 30.1 Å². The van der Waals surface area contributed by atoms with E-state index in [1.807, 2.05) is 17.2 Å². The van der Waals surface area contributed by atoms with Gasteiger partial charge < -0.3 is 10.6 Å². The predicted octanol–water partition coefficient (Wildman–Crippen LogP) is 3.21. The number of amides is 1. The fourth-order valence-electron chi connectivity index (χ4n) is 3.86. The van der Waals surface area contributed by atoms with Crippen LogP contribution >= 0.6 is 37.2 Å². The molecule has 1 aliphatic heterocycles. The van der Waals surface area contributed by atoms with E-state index >= 15 is 0 Å². The molecule has 1 aromatic rings. The highest BCUT2D eigenvalue weighted by Crippen LogP contribution is 2.29. The van der Waals surface area contributed by atoms with Crippen molar-refractivity contribution in [1.82, 2.24) is 14.8 Å². The molecule has 1 aromatic heterocycles. The van der Waals surface area contributed by atoms with Crippen LogP contribution in [-0.2, 0) is 4.79 Å². The molecule has 1 amide bonds. The second-order valence-electron chi connectivity index (χ2n) is 7.01. The van der Waals surface area contributed by atoms with Gasteiger partial charge in [0.15, 0.2) is 0 Å². The first-order valence-electron chi connectivity index (χ1n) is 8.82. The Morgan fingerprint density at radius 3 is 2.27 bits per heavy atom. The fraction of sp³-hybridized carbons (Fsp3) is 0.667. The van der Waals surface area contributed by atoms with Gasteiger partial charge in [0.25, 0.3) is 0 Å². The Kier molecular flexibility index (Phi) is 11.0. The molecule has 150 valence electrons. The summed E-state index contributed by atoms with van der Waals surface area (Å²) in [5.74, 6) is 0.172. The summed E-state index contributed by atoms with van der Waals surface area (Å²) in [6.07, 6.45) is 8.80. The summed E-state index contributed by atoms with van der Waals surface area (Å²) in [4.78, 5) is 21.4. The number of nitrogens with zero attached hydrogens (tertiary/aromatic N) is 3. The number of aromatic nitrogens is 1. The minimum absolute atomic E-state index is 0. The highest BCUT2D eigenvalue weighted by atomic mass is 35.5. The van der Waals surface area contributed by atoms with Gasteiger partial charge in [-0.25, -0.2) is 0 Å². The van der Waals surface area contributed by atoms with Crippen molar-refractivity contribution < 1.29 is 4.79 Å². The van der Waals surface area contributed by atoms with E-state index in [1.165, 1.54) is 12.0 Å². The number of hydrogen-bond donors (Lipinski definition) is 1. The Bertz CT molecular complexity index is 532. The summed E-state index contributed by atoms with van der Waals surface area (Å²) < 4.78 is 0. The molecule has 0 radical (unpaired) electrons. The van der Waals surface area contributed by atoms with Gasteiger partial charge in [0, 0.05) is 44.6 Å². The largest absolute Gasteiger partial charge is 0.339 e. The Morgan fingerprint density at radius 1 is 1.12 bits per heavy atom. The van der Waals surface area contributed by atoms with Crippen LogP contribution in [0.5, 0.6) is 0 Å². The van der Waals surface area contributed by atoms with Crippen molar-refractivity contribution >= 4 is 43.1 Å². The third-order valence-electron chi connectivity index (χ3n) is 5.49. The number of hydrogen-bond acceptors (Lipinski definition) is 4. The van der Waals surface area contributed by atoms with Gasteiger partial charge in [0.1, 0.15) is 0 Å². The molecule has 1 saturated carbocycles. The Morgan fingerprint density at radius 2 is 1.73 bits per heavy atom. The molecule has 0 aromatic carbocycles. The number of carbonyl (C=O) groups excluding carboxylic acids is 1. The first kappa shape index (κ1) is 25.4. The number of piperazine rings is 1. The van der Waals surface area contributed by atoms with Crippen molar-refractivity contribution in [3.8, 4) is 0 Å². The highest BCUT2D eigenvalue weighted by Gasteiger charge is 2.39. The smallest absolute Gasteiger partial charge is 0.242 e. The SMILES string of the molecule is CC(c1cccnc1)N1CCN(C(=O)C2(N)CCCCC2)CC1.Cl.Cl.Cl. The third kappa shape index (κ3) is 5.70. The number of pyridine rings is 1. The number of rotatable bonds is 3. The average molecular weight is 426 g/mol. The van der Waals surface area contributed by atoms with E-state index in [0.717, 1.165) is 51.9 Å². The predicted molar refractivity (Wildman–Crippen MR) is 113 cm³/mol. The van der Waals surface area contributed by atoms with Gasteiger partial charge in [-0.3, -0.25) is 14.7 Å². The minimum atomic E-state index is -0.602. The molecular weight excluding hydrogens is 395 g/mol. The van der Waals surface area contributed by atoms with Crippen molar-refractivity contribution in [1.29, 1.82) is 0 Å². The van der Waals surface area contributed by atoms with Gasteiger partial charge in [0.05, 0.1) is 5.54 Å². The summed E-state index contributed by atoms with van der Waals surface area (Å²) in [6, 6.07) is 4.43. The Balaban J connectivity index is 0.00000208. The van der Waals surface area contributed by atoms with E-state index in [9.17, 15) is 4.79 Å². The zero-order valence-electron chi connectivity index (χ0n) is 15.3. The molecule has 0 spiro atoms. The first-order chi connectivity index (χ1) is 11.1. The van der Waals surface area contributed by atoms with Crippen LogP contribution in [0.1, 0.15) is 50.6 Å². The molecule has 1 saturated heterocycles. The van der Waals surface area contributed by atoms with Crippen LogP contribution < -0.4 is 5.73 Å². The number of nitrogens with two attached hydrogens (primary N) is 1. The van der Waals surface area contributed by atoms with E-state index in [4.69, 9.17) is 5.73 Å². The van der Waals surface area contributed by atoms with Crippen molar-refractivity contribution in [2.24, 2.45) is 5.73 Å². The molecule has 2 heterocycles. The summed E-state index contributed by atoms with van der Waals surface area (Å²) in [6.45, 7) is 5.57. The number of carbonyl (C=O) groups is 1. The lowest BCUT2D eigenvalue weighted by atomic mass is 9.81. The van der Waals surface area contributed by atoms with E-state index in [2.05, 4.69) is 22.9 Å². The van der Waals surface area contributed by atoms with Crippen molar-refractivity contribution in [2.45, 2.75) is 50.6 Å². The van der Waals surface area contributed by atoms with Crippen LogP contribution in [0.3, 0.4) is 0 Å². The van der Waals surface area contributed by atoms with Crippen LogP contribution in [0.15, 0.2) is 24.5 Å². The third-order valence-corrected chi connectivity index (χ3v) is 5.49. The quantitative estimate of drug-likeness (QED) is 0.807. The van der Waals surface area contributed by atoms with Gasteiger partial charge in [-0.05, 0) is 31.4 Å². The molecule has 1 aliphatic carbocycles. The van der Waals surface area contributed by atoms with Crippen LogP contribution in [0.2, 0.25) is 0 Å². The maximum atomic E-state index is 12.8. The van der Waals surface area contributed by atoms with Gasteiger partial charge in [0.2, 0.25) is 5.91 Å². The molecule has 2 aliphatic rings. The molecule has 8 heteroatoms. The Labute approximate surface area is 175 Å². The lowest BCUT2D eigenvalue weighted by molar-refractivity contribution is -0.140. The summed E-state index contributed by atoms with van der Waals surface area (Å²) in [5.41, 5.74) is 7.04. The molecule has 26 heavy (non-hydrogen) atoms. The molecule has 0 bridgehead atoms. The van der Waals surface area contributed by atoms with Crippen molar-refractivity contribution in [3.63, 3.8) is 0 Å². The monoisotopic (exact) mass is 424 g/mol. The minimum Gasteiger partial charge on any atom is -0.339 e. The fourth-order valence-corrected chi connectivity index (χ4v) is 3.86. The van der Waals surface area contributed by atoms with E-state index in [0.29, 0.717) is 6.04 Å². The summed E-state index contributed by atoms with van der Waals surface area (Å²) >= 11 is 0. The van der Waals surface area contributed by atoms with Gasteiger partial charge in [-0.2, -0.15) is 0 Å². The second kappa shape index (κ2) is 11.3. The highest BCUT2D eigenvalue weighted by molar-refractivity contribution is 5.86. The van der Waals surface area contributed by atoms with Gasteiger partial charge in [-0.15, -0.1) is 37.2 Å². The lowest BCUT2D eigenvalue weighted by Crippen LogP contribution is -2.60. The van der Waals surface area contributed by atoms with Crippen LogP contribution in [0.4, 0.5) is 0 Å². The summed E-state index contributed by atoms with van der Waals surface area (Å²) in [5, 5.41) is 0. The summed E-state index contributed by atoms with van der Waals surface area (Å²) in [7, 11) is 0. The molecule has 1 atom stereocenters. The lowest BCUT2D eigenvalue weighted by Gasteiger charge is -2.42. The second-order valence-corrected chi connectivity index (χ2v) is 7.01. The van der Waals surface area contributed by atoms with Gasteiger partial charge >= 0.3 is 0 Å². The van der Waals surface area contributed by atoms with Crippen LogP contribution in [0, 0.1) is 0 Å². The normalized spacial score (nSPS) is 20.8. The Hall–Kier alpha value is -0.590. The van der Waals surface area contributed by atoms with E-state index in [-0.39, 0.29) is 43.1 Å². The first-order valence-corrected chi connectivity index (χ1v) is 8.82. The van der Waals surface area contributed by atoms with E-state index < -0.39 is 5.54 Å². The zero-order valence-corrected chi connectivity index (χ0v) is 17.8. The molecule has 2 fully saturated rings. The number of halogens is 3. The van der Waals surface area contributed by atoms with Crippen LogP contribution in [0.25, 0.3) is 0 Å². The molecule has 1 unspecified atom stereocenters. The van der Waals surface area contributed by atoms with Crippen molar-refractivity contribution in [2.75, 3.05) is 26.2 Å². The average Bonchev–Trinajstić information content (AvgIpc) is 2.62. The maximum Gasteiger partial charge on any atom is 0.242 e. The zero-order chi connectivity index (χ0) is 16.3. The molecule has 2 N–H and O–H groups in total. The molecular formula is C18H31Cl3N4O. The van der Waals surface area contributed by atoms with E-state index in [1.54, 1.807) is 6.20 Å². The van der Waals surface area contributed by atoms with Gasteiger partial charge in [-0.1, -0.05) is 25.3 Å². The topological polar surface area (TPSA) is 62.5 Å². The van der Waals surface area contributed by atoms with Crippen LogP contribution in [-0.4, -0.2) is 52.4 Å². The maximum absolute atomic E-state index is 12.8.